The Labute approximate surface area is 176 Å². The Bertz CT molecular complexity index is 1100. The molecule has 0 spiro atoms. The molecule has 2 aromatic carbocycles. The van der Waals surface area contributed by atoms with E-state index in [1.807, 2.05) is 0 Å². The van der Waals surface area contributed by atoms with Gasteiger partial charge >= 0.3 is 6.03 Å². The molecule has 1 unspecified atom stereocenters. The molecule has 1 saturated carbocycles. The molecule has 2 aliphatic heterocycles. The van der Waals surface area contributed by atoms with Crippen LogP contribution in [0.1, 0.15) is 34.3 Å². The number of hydrogen-bond acceptors (Lipinski definition) is 4. The molecular weight excluding hydrogens is 406 g/mol. The number of urea groups is 1. The lowest BCUT2D eigenvalue weighted by atomic mass is 9.89. The molecule has 31 heavy (non-hydrogen) atoms. The monoisotopic (exact) mass is 426 g/mol. The van der Waals surface area contributed by atoms with Crippen LogP contribution >= 0.6 is 0 Å². The Morgan fingerprint density at radius 3 is 2.48 bits per heavy atom. The number of carbonyl (C=O) groups excluding carboxylic acids is 3. The van der Waals surface area contributed by atoms with Gasteiger partial charge in [-0.2, -0.15) is 0 Å². The summed E-state index contributed by atoms with van der Waals surface area (Å²) in [6.45, 7) is 0.683. The molecule has 1 atom stereocenters. The van der Waals surface area contributed by atoms with Crippen molar-refractivity contribution in [1.82, 2.24) is 15.5 Å². The van der Waals surface area contributed by atoms with Gasteiger partial charge in [-0.05, 0) is 54.2 Å². The van der Waals surface area contributed by atoms with Gasteiger partial charge in [-0.1, -0.05) is 12.1 Å². The summed E-state index contributed by atoms with van der Waals surface area (Å²) in [7, 11) is 0. The maximum absolute atomic E-state index is 14.5. The van der Waals surface area contributed by atoms with E-state index < -0.39 is 35.0 Å². The van der Waals surface area contributed by atoms with E-state index in [1.54, 1.807) is 6.07 Å². The Morgan fingerprint density at radius 2 is 1.84 bits per heavy atom. The van der Waals surface area contributed by atoms with E-state index in [1.165, 1.54) is 35.2 Å². The molecule has 4 amide bonds. The maximum Gasteiger partial charge on any atom is 0.322 e. The zero-order valence-electron chi connectivity index (χ0n) is 16.5. The van der Waals surface area contributed by atoms with Crippen molar-refractivity contribution in [3.8, 4) is 0 Å². The van der Waals surface area contributed by atoms with Crippen molar-refractivity contribution < 1.29 is 23.2 Å². The first-order valence-corrected chi connectivity index (χ1v) is 10.1. The molecular formula is C22H20F2N4O3. The van der Waals surface area contributed by atoms with Gasteiger partial charge in [0.15, 0.2) is 5.54 Å². The Hall–Kier alpha value is -3.49. The number of fused-ring (bicyclic) bond motifs is 1. The number of hydrogen-bond donors (Lipinski definition) is 3. The number of imide groups is 1. The van der Waals surface area contributed by atoms with Crippen molar-refractivity contribution in [2.45, 2.75) is 24.9 Å². The van der Waals surface area contributed by atoms with Crippen LogP contribution < -0.4 is 16.0 Å². The third-order valence-corrected chi connectivity index (χ3v) is 6.06. The SMILES string of the molecule is O=C1NC(=O)C(CN2Cc3cc(NCC4CC4)c(F)cc3C2=O)(c2ccc(F)cc2)N1. The first-order chi connectivity index (χ1) is 14.9. The summed E-state index contributed by atoms with van der Waals surface area (Å²) in [5.74, 6) is -1.50. The summed E-state index contributed by atoms with van der Waals surface area (Å²) in [5, 5.41) is 7.88. The van der Waals surface area contributed by atoms with Crippen LogP contribution in [0.2, 0.25) is 0 Å². The highest BCUT2D eigenvalue weighted by Gasteiger charge is 2.50. The number of rotatable bonds is 6. The van der Waals surface area contributed by atoms with Gasteiger partial charge in [0, 0.05) is 18.7 Å². The summed E-state index contributed by atoms with van der Waals surface area (Å²) in [6, 6.07) is 7.30. The average molecular weight is 426 g/mol. The van der Waals surface area contributed by atoms with Crippen molar-refractivity contribution in [2.75, 3.05) is 18.4 Å². The Balaban J connectivity index is 1.43. The van der Waals surface area contributed by atoms with Gasteiger partial charge in [-0.3, -0.25) is 14.9 Å². The van der Waals surface area contributed by atoms with E-state index in [9.17, 15) is 23.2 Å². The lowest BCUT2D eigenvalue weighted by Gasteiger charge is -2.31. The Morgan fingerprint density at radius 1 is 1.10 bits per heavy atom. The maximum atomic E-state index is 14.5. The number of nitrogens with zero attached hydrogens (tertiary/aromatic N) is 1. The number of amides is 4. The summed E-state index contributed by atoms with van der Waals surface area (Å²) in [6.07, 6.45) is 2.26. The van der Waals surface area contributed by atoms with Crippen molar-refractivity contribution in [2.24, 2.45) is 5.92 Å². The smallest absolute Gasteiger partial charge is 0.322 e. The van der Waals surface area contributed by atoms with Crippen LogP contribution in [0, 0.1) is 17.6 Å². The van der Waals surface area contributed by atoms with Crippen molar-refractivity contribution in [3.63, 3.8) is 0 Å². The molecule has 9 heteroatoms. The van der Waals surface area contributed by atoms with Gasteiger partial charge in [0.2, 0.25) is 0 Å². The fourth-order valence-corrected chi connectivity index (χ4v) is 4.15. The summed E-state index contributed by atoms with van der Waals surface area (Å²) in [4.78, 5) is 39.0. The molecule has 1 saturated heterocycles. The number of halogens is 2. The van der Waals surface area contributed by atoms with E-state index in [0.29, 0.717) is 29.3 Å². The predicted octanol–water partition coefficient (Wildman–Crippen LogP) is 2.48. The lowest BCUT2D eigenvalue weighted by molar-refractivity contribution is -0.124. The molecule has 0 bridgehead atoms. The van der Waals surface area contributed by atoms with Crippen LogP contribution in [0.5, 0.6) is 0 Å². The minimum absolute atomic E-state index is 0.165. The molecule has 5 rings (SSSR count). The molecule has 2 aromatic rings. The van der Waals surface area contributed by atoms with E-state index in [2.05, 4.69) is 16.0 Å². The van der Waals surface area contributed by atoms with Crippen LogP contribution in [0.3, 0.4) is 0 Å². The predicted molar refractivity (Wildman–Crippen MR) is 107 cm³/mol. The molecule has 1 aliphatic carbocycles. The largest absolute Gasteiger partial charge is 0.382 e. The third-order valence-electron chi connectivity index (χ3n) is 6.06. The zero-order valence-corrected chi connectivity index (χ0v) is 16.5. The molecule has 3 aliphatic rings. The average Bonchev–Trinajstić information content (AvgIpc) is 3.46. The molecule has 2 heterocycles. The van der Waals surface area contributed by atoms with Crippen LogP contribution in [0.15, 0.2) is 36.4 Å². The fraction of sp³-hybridized carbons (Fsp3) is 0.318. The highest BCUT2D eigenvalue weighted by Crippen LogP contribution is 2.34. The van der Waals surface area contributed by atoms with E-state index in [4.69, 9.17) is 0 Å². The summed E-state index contributed by atoms with van der Waals surface area (Å²) >= 11 is 0. The summed E-state index contributed by atoms with van der Waals surface area (Å²) in [5.41, 5.74) is 0.00485. The van der Waals surface area contributed by atoms with Crippen LogP contribution in [-0.2, 0) is 16.9 Å². The van der Waals surface area contributed by atoms with Crippen LogP contribution in [0.25, 0.3) is 0 Å². The quantitative estimate of drug-likeness (QED) is 0.619. The second-order valence-corrected chi connectivity index (χ2v) is 8.30. The van der Waals surface area contributed by atoms with Crippen molar-refractivity contribution >= 4 is 23.5 Å². The van der Waals surface area contributed by atoms with Gasteiger partial charge < -0.3 is 15.5 Å². The summed E-state index contributed by atoms with van der Waals surface area (Å²) < 4.78 is 27.9. The lowest BCUT2D eigenvalue weighted by Crippen LogP contribution is -2.52. The van der Waals surface area contributed by atoms with Gasteiger partial charge in [0.25, 0.3) is 11.8 Å². The minimum atomic E-state index is -1.56. The zero-order chi connectivity index (χ0) is 21.8. The number of carbonyl (C=O) groups is 3. The number of anilines is 1. The number of benzene rings is 2. The van der Waals surface area contributed by atoms with Gasteiger partial charge in [-0.25, -0.2) is 13.6 Å². The van der Waals surface area contributed by atoms with Crippen molar-refractivity contribution in [3.05, 3.63) is 64.7 Å². The topological polar surface area (TPSA) is 90.5 Å². The van der Waals surface area contributed by atoms with E-state index in [-0.39, 0.29) is 18.7 Å². The van der Waals surface area contributed by atoms with Crippen LogP contribution in [0.4, 0.5) is 19.3 Å². The first-order valence-electron chi connectivity index (χ1n) is 10.1. The second kappa shape index (κ2) is 7.04. The molecule has 2 fully saturated rings. The molecule has 7 nitrogen and oxygen atoms in total. The normalized spacial score (nSPS) is 22.4. The van der Waals surface area contributed by atoms with Gasteiger partial charge in [0.1, 0.15) is 11.6 Å². The van der Waals surface area contributed by atoms with Crippen LogP contribution in [-0.4, -0.2) is 35.8 Å². The third kappa shape index (κ3) is 3.39. The van der Waals surface area contributed by atoms with Crippen molar-refractivity contribution in [1.29, 1.82) is 0 Å². The Kier molecular flexibility index (Phi) is 4.42. The highest BCUT2D eigenvalue weighted by molar-refractivity contribution is 6.08. The first kappa shape index (κ1) is 19.5. The van der Waals surface area contributed by atoms with E-state index >= 15 is 0 Å². The highest BCUT2D eigenvalue weighted by atomic mass is 19.1. The fourth-order valence-electron chi connectivity index (χ4n) is 4.15. The van der Waals surface area contributed by atoms with E-state index in [0.717, 1.165) is 12.8 Å². The standard InChI is InChI=1S/C22H20F2N4O3/c23-15-5-3-14(4-6-15)22(20(30)26-21(31)27-22)11-28-10-13-7-18(25-9-12-1-2-12)17(24)8-16(13)19(28)29/h3-8,12,25H,1-2,9-11H2,(H2,26,27,30,31). The number of nitrogens with one attached hydrogen (secondary N) is 3. The molecule has 3 N–H and O–H groups in total. The van der Waals surface area contributed by atoms with Gasteiger partial charge in [0.05, 0.1) is 12.2 Å². The second-order valence-electron chi connectivity index (χ2n) is 8.30. The minimum Gasteiger partial charge on any atom is -0.382 e. The van der Waals surface area contributed by atoms with Gasteiger partial charge in [-0.15, -0.1) is 0 Å². The molecule has 0 aromatic heterocycles. The molecule has 0 radical (unpaired) electrons. The molecule has 160 valence electrons.